The zero-order chi connectivity index (χ0) is 22.3. The standard InChI is InChI=1S/C21H22N4O5S/c1-3-8-25(12-13-5-4-9-24(13)2)31(29,30)14-6-7-17-15(10-14)18-16(21(27)28)11-22-19(18)20(26)23-17/h1,6-7,10-11,13,22H,4-5,8-9,12H2,2H3,(H,23,26)(H,27,28)/t13-/m0/s1. The van der Waals surface area contributed by atoms with Crippen LogP contribution in [0.1, 0.15) is 23.2 Å². The molecule has 1 saturated heterocycles. The molecule has 3 heterocycles. The smallest absolute Gasteiger partial charge is 0.337 e. The highest BCUT2D eigenvalue weighted by atomic mass is 32.2. The average Bonchev–Trinajstić information content (AvgIpc) is 3.34. The van der Waals surface area contributed by atoms with Crippen LogP contribution in [0.25, 0.3) is 21.8 Å². The molecule has 0 saturated carbocycles. The maximum absolute atomic E-state index is 13.4. The Morgan fingerprint density at radius 1 is 1.42 bits per heavy atom. The van der Waals surface area contributed by atoms with Crippen molar-refractivity contribution in [3.63, 3.8) is 0 Å². The Bertz CT molecular complexity index is 1380. The summed E-state index contributed by atoms with van der Waals surface area (Å²) in [6, 6.07) is 4.34. The number of nitrogens with one attached hydrogen (secondary N) is 2. The number of terminal acetylenes is 1. The number of hydrogen-bond donors (Lipinski definition) is 3. The van der Waals surface area contributed by atoms with E-state index in [0.29, 0.717) is 10.9 Å². The third-order valence-electron chi connectivity index (χ3n) is 5.84. The molecule has 1 fully saturated rings. The molecule has 162 valence electrons. The van der Waals surface area contributed by atoms with Crippen LogP contribution >= 0.6 is 0 Å². The van der Waals surface area contributed by atoms with Gasteiger partial charge in [-0.15, -0.1) is 6.42 Å². The highest BCUT2D eigenvalue weighted by Crippen LogP contribution is 2.28. The predicted octanol–water partition coefficient (Wildman–Crippen LogP) is 1.43. The summed E-state index contributed by atoms with van der Waals surface area (Å²) in [4.78, 5) is 31.4. The highest BCUT2D eigenvalue weighted by Gasteiger charge is 2.30. The molecule has 0 amide bonds. The number of aromatic carboxylic acids is 1. The van der Waals surface area contributed by atoms with E-state index in [9.17, 15) is 23.1 Å². The number of aromatic nitrogens is 2. The van der Waals surface area contributed by atoms with Gasteiger partial charge >= 0.3 is 5.97 Å². The molecule has 3 aromatic rings. The van der Waals surface area contributed by atoms with Crippen LogP contribution in [0.3, 0.4) is 0 Å². The third kappa shape index (κ3) is 3.61. The summed E-state index contributed by atoms with van der Waals surface area (Å²) in [5, 5.41) is 10.0. The fourth-order valence-corrected chi connectivity index (χ4v) is 5.60. The van der Waals surface area contributed by atoms with Crippen LogP contribution in [0.4, 0.5) is 0 Å². The molecule has 0 aliphatic carbocycles. The van der Waals surface area contributed by atoms with E-state index >= 15 is 0 Å². The summed E-state index contributed by atoms with van der Waals surface area (Å²) in [6.45, 7) is 1.10. The normalized spacial score (nSPS) is 17.5. The lowest BCUT2D eigenvalue weighted by Crippen LogP contribution is -2.41. The molecule has 0 radical (unpaired) electrons. The summed E-state index contributed by atoms with van der Waals surface area (Å²) < 4.78 is 28.1. The van der Waals surface area contributed by atoms with Crippen LogP contribution < -0.4 is 5.56 Å². The van der Waals surface area contributed by atoms with Gasteiger partial charge in [-0.25, -0.2) is 13.2 Å². The number of benzene rings is 1. The second-order valence-electron chi connectivity index (χ2n) is 7.70. The minimum absolute atomic E-state index is 0.0122. The van der Waals surface area contributed by atoms with E-state index in [1.165, 1.54) is 28.7 Å². The average molecular weight is 442 g/mol. The first-order valence-corrected chi connectivity index (χ1v) is 11.2. The quantitative estimate of drug-likeness (QED) is 0.496. The number of carbonyl (C=O) groups is 1. The molecule has 0 bridgehead atoms. The maximum Gasteiger partial charge on any atom is 0.337 e. The van der Waals surface area contributed by atoms with Crippen molar-refractivity contribution in [3.05, 3.63) is 40.3 Å². The maximum atomic E-state index is 13.4. The molecule has 10 heteroatoms. The number of sulfonamides is 1. The van der Waals surface area contributed by atoms with Crippen LogP contribution in [0.5, 0.6) is 0 Å². The van der Waals surface area contributed by atoms with Crippen molar-refractivity contribution in [2.24, 2.45) is 0 Å². The van der Waals surface area contributed by atoms with Crippen molar-refractivity contribution >= 4 is 37.8 Å². The fraction of sp³-hybridized carbons (Fsp3) is 0.333. The third-order valence-corrected chi connectivity index (χ3v) is 7.65. The van der Waals surface area contributed by atoms with Gasteiger partial charge in [0.25, 0.3) is 5.56 Å². The van der Waals surface area contributed by atoms with Crippen molar-refractivity contribution in [1.82, 2.24) is 19.2 Å². The molecule has 1 aromatic carbocycles. The number of H-pyrrole nitrogens is 2. The summed E-state index contributed by atoms with van der Waals surface area (Å²) in [6.07, 6.45) is 8.57. The van der Waals surface area contributed by atoms with E-state index in [2.05, 4.69) is 20.8 Å². The summed E-state index contributed by atoms with van der Waals surface area (Å²) in [5.74, 6) is 1.21. The monoisotopic (exact) mass is 442 g/mol. The Labute approximate surface area is 178 Å². The molecule has 4 rings (SSSR count). The summed E-state index contributed by atoms with van der Waals surface area (Å²) >= 11 is 0. The molecule has 9 nitrogen and oxygen atoms in total. The SMILES string of the molecule is C#CCN(C[C@@H]1CCCN1C)S(=O)(=O)c1ccc2[nH]c(=O)c3[nH]cc(C(=O)O)c3c2c1. The Balaban J connectivity index is 1.86. The largest absolute Gasteiger partial charge is 0.478 e. The molecule has 1 aliphatic rings. The van der Waals surface area contributed by atoms with E-state index in [0.717, 1.165) is 19.4 Å². The number of rotatable bonds is 6. The summed E-state index contributed by atoms with van der Waals surface area (Å²) in [7, 11) is -1.99. The molecule has 0 spiro atoms. The van der Waals surface area contributed by atoms with Crippen LogP contribution in [0.2, 0.25) is 0 Å². The van der Waals surface area contributed by atoms with Crippen molar-refractivity contribution in [3.8, 4) is 12.3 Å². The highest BCUT2D eigenvalue weighted by molar-refractivity contribution is 7.89. The Hall–Kier alpha value is -3.13. The number of aromatic amines is 2. The van der Waals surface area contributed by atoms with Gasteiger partial charge in [-0.2, -0.15) is 4.31 Å². The van der Waals surface area contributed by atoms with Gasteiger partial charge in [0.15, 0.2) is 0 Å². The Kier molecular flexibility index (Phi) is 5.35. The van der Waals surface area contributed by atoms with Crippen LogP contribution in [0, 0.1) is 12.3 Å². The molecule has 3 N–H and O–H groups in total. The lowest BCUT2D eigenvalue weighted by atomic mass is 10.1. The molecule has 0 unspecified atom stereocenters. The Morgan fingerprint density at radius 2 is 2.19 bits per heavy atom. The number of nitrogens with zero attached hydrogens (tertiary/aromatic N) is 2. The van der Waals surface area contributed by atoms with E-state index < -0.39 is 21.6 Å². The molecule has 1 aliphatic heterocycles. The van der Waals surface area contributed by atoms with Gasteiger partial charge in [-0.3, -0.25) is 4.79 Å². The zero-order valence-electron chi connectivity index (χ0n) is 16.9. The topological polar surface area (TPSA) is 127 Å². The van der Waals surface area contributed by atoms with E-state index in [-0.39, 0.29) is 40.5 Å². The second kappa shape index (κ2) is 7.85. The first-order chi connectivity index (χ1) is 14.7. The number of fused-ring (bicyclic) bond motifs is 3. The van der Waals surface area contributed by atoms with Crippen molar-refractivity contribution in [1.29, 1.82) is 0 Å². The molecule has 2 aromatic heterocycles. The number of hydrogen-bond acceptors (Lipinski definition) is 5. The van der Waals surface area contributed by atoms with Crippen LogP contribution in [0.15, 0.2) is 34.1 Å². The summed E-state index contributed by atoms with van der Waals surface area (Å²) in [5.41, 5.74) is -0.164. The molecule has 31 heavy (non-hydrogen) atoms. The van der Waals surface area contributed by atoms with Gasteiger partial charge in [0, 0.05) is 35.1 Å². The van der Waals surface area contributed by atoms with E-state index in [1.54, 1.807) is 0 Å². The number of pyridine rings is 1. The van der Waals surface area contributed by atoms with Gasteiger partial charge in [-0.05, 0) is 44.6 Å². The number of likely N-dealkylation sites (tertiary alicyclic amines) is 1. The number of carboxylic acids is 1. The van der Waals surface area contributed by atoms with Crippen molar-refractivity contribution in [2.45, 2.75) is 23.8 Å². The fourth-order valence-electron chi connectivity index (χ4n) is 4.18. The zero-order valence-corrected chi connectivity index (χ0v) is 17.7. The number of likely N-dealkylation sites (N-methyl/N-ethyl adjacent to an activating group) is 1. The van der Waals surface area contributed by atoms with Crippen molar-refractivity contribution < 1.29 is 18.3 Å². The van der Waals surface area contributed by atoms with Gasteiger partial charge < -0.3 is 20.0 Å². The van der Waals surface area contributed by atoms with Crippen LogP contribution in [-0.2, 0) is 10.0 Å². The second-order valence-corrected chi connectivity index (χ2v) is 9.64. The molecular weight excluding hydrogens is 420 g/mol. The first kappa shape index (κ1) is 21.1. The minimum atomic E-state index is -3.95. The van der Waals surface area contributed by atoms with Gasteiger partial charge in [0.1, 0.15) is 5.52 Å². The number of carboxylic acid groups (broad SMARTS) is 1. The van der Waals surface area contributed by atoms with Gasteiger partial charge in [0.05, 0.1) is 17.0 Å². The molecule has 1 atom stereocenters. The van der Waals surface area contributed by atoms with E-state index in [1.807, 2.05) is 7.05 Å². The molecular formula is C21H22N4O5S. The first-order valence-electron chi connectivity index (χ1n) is 9.78. The lowest BCUT2D eigenvalue weighted by Gasteiger charge is -2.27. The van der Waals surface area contributed by atoms with E-state index in [4.69, 9.17) is 6.42 Å². The lowest BCUT2D eigenvalue weighted by molar-refractivity contribution is 0.0699. The predicted molar refractivity (Wildman–Crippen MR) is 117 cm³/mol. The van der Waals surface area contributed by atoms with Crippen LogP contribution in [-0.4, -0.2) is 71.4 Å². The minimum Gasteiger partial charge on any atom is -0.478 e. The van der Waals surface area contributed by atoms with Gasteiger partial charge in [-0.1, -0.05) is 5.92 Å². The van der Waals surface area contributed by atoms with Crippen molar-refractivity contribution in [2.75, 3.05) is 26.7 Å². The Morgan fingerprint density at radius 3 is 2.84 bits per heavy atom. The van der Waals surface area contributed by atoms with Gasteiger partial charge in [0.2, 0.25) is 10.0 Å².